The minimum atomic E-state index is -1.35. The summed E-state index contributed by atoms with van der Waals surface area (Å²) in [4.78, 5) is 10.4. The highest BCUT2D eigenvalue weighted by atomic mass is 16.3. The minimum absolute atomic E-state index is 0.527. The molecule has 0 saturated heterocycles. The number of aliphatic hydroxyl groups excluding tert-OH is 3. The molecular weight excluding hydrogens is 150 g/mol. The molecule has 0 unspecified atom stereocenters. The molecule has 0 fully saturated rings. The maximum absolute atomic E-state index is 10.4. The van der Waals surface area contributed by atoms with Gasteiger partial charge in [-0.1, -0.05) is 0 Å². The van der Waals surface area contributed by atoms with E-state index in [1.807, 2.05) is 0 Å². The molecule has 0 atom stereocenters. The van der Waals surface area contributed by atoms with Gasteiger partial charge in [-0.25, -0.2) is 0 Å². The molecule has 0 aliphatic heterocycles. The normalized spacial score (nSPS) is 11.3. The van der Waals surface area contributed by atoms with Crippen LogP contribution >= 0.6 is 0 Å². The minimum Gasteiger partial charge on any atom is -0.394 e. The molecule has 0 aliphatic rings. The fourth-order valence-electron chi connectivity index (χ4n) is 0.564. The van der Waals surface area contributed by atoms with E-state index in [4.69, 9.17) is 15.3 Å². The molecule has 4 N–H and O–H groups in total. The van der Waals surface area contributed by atoms with E-state index in [1.165, 1.54) is 0 Å². The molecule has 5 nitrogen and oxygen atoms in total. The summed E-state index contributed by atoms with van der Waals surface area (Å²) in [5.74, 6) is -0.651. The van der Waals surface area contributed by atoms with Crippen molar-refractivity contribution >= 4 is 5.91 Å². The van der Waals surface area contributed by atoms with Gasteiger partial charge in [-0.15, -0.1) is 0 Å². The molecule has 5 heteroatoms. The van der Waals surface area contributed by atoms with Crippen LogP contribution in [-0.4, -0.2) is 46.6 Å². The SMILES string of the molecule is [CH2]C(=O)NC(CO)(CO)CO. The van der Waals surface area contributed by atoms with Crippen molar-refractivity contribution in [3.05, 3.63) is 6.92 Å². The Bertz CT molecular complexity index is 124. The monoisotopic (exact) mass is 162 g/mol. The van der Waals surface area contributed by atoms with Gasteiger partial charge in [-0.05, 0) is 0 Å². The lowest BCUT2D eigenvalue weighted by molar-refractivity contribution is -0.120. The number of rotatable bonds is 4. The van der Waals surface area contributed by atoms with Gasteiger partial charge in [0.2, 0.25) is 5.91 Å². The second-order valence-electron chi connectivity index (χ2n) is 2.30. The van der Waals surface area contributed by atoms with Gasteiger partial charge in [0.15, 0.2) is 0 Å². The number of nitrogens with one attached hydrogen (secondary N) is 1. The summed E-state index contributed by atoms with van der Waals surface area (Å²) in [6, 6.07) is 0. The smallest absolute Gasteiger partial charge is 0.221 e. The van der Waals surface area contributed by atoms with Crippen LogP contribution in [0.25, 0.3) is 0 Å². The predicted octanol–water partition coefficient (Wildman–Crippen LogP) is -2.35. The summed E-state index contributed by atoms with van der Waals surface area (Å²) < 4.78 is 0. The topological polar surface area (TPSA) is 89.8 Å². The molecule has 0 aromatic carbocycles. The Morgan fingerprint density at radius 2 is 1.64 bits per heavy atom. The quantitative estimate of drug-likeness (QED) is 0.372. The van der Waals surface area contributed by atoms with E-state index >= 15 is 0 Å². The summed E-state index contributed by atoms with van der Waals surface area (Å²) in [5, 5.41) is 28.1. The van der Waals surface area contributed by atoms with Crippen molar-refractivity contribution in [1.29, 1.82) is 0 Å². The van der Waals surface area contributed by atoms with Crippen molar-refractivity contribution in [3.63, 3.8) is 0 Å². The lowest BCUT2D eigenvalue weighted by Crippen LogP contribution is -2.56. The first kappa shape index (κ1) is 10.3. The van der Waals surface area contributed by atoms with Crippen LogP contribution in [0.2, 0.25) is 0 Å². The summed E-state index contributed by atoms with van der Waals surface area (Å²) in [7, 11) is 0. The summed E-state index contributed by atoms with van der Waals surface area (Å²) >= 11 is 0. The number of hydrogen-bond acceptors (Lipinski definition) is 4. The predicted molar refractivity (Wildman–Crippen MR) is 37.5 cm³/mol. The van der Waals surface area contributed by atoms with Crippen molar-refractivity contribution in [2.75, 3.05) is 19.8 Å². The van der Waals surface area contributed by atoms with E-state index in [2.05, 4.69) is 12.2 Å². The van der Waals surface area contributed by atoms with Crippen LogP contribution in [0.5, 0.6) is 0 Å². The van der Waals surface area contributed by atoms with Crippen molar-refractivity contribution in [2.24, 2.45) is 0 Å². The van der Waals surface area contributed by atoms with Crippen LogP contribution in [0.4, 0.5) is 0 Å². The van der Waals surface area contributed by atoms with Gasteiger partial charge in [0.1, 0.15) is 5.54 Å². The summed E-state index contributed by atoms with van der Waals surface area (Å²) in [5.41, 5.74) is -1.35. The zero-order chi connectivity index (χ0) is 8.91. The van der Waals surface area contributed by atoms with E-state index in [9.17, 15) is 4.79 Å². The van der Waals surface area contributed by atoms with E-state index < -0.39 is 31.3 Å². The first-order chi connectivity index (χ1) is 5.10. The average Bonchev–Trinajstić information content (AvgIpc) is 2.00. The van der Waals surface area contributed by atoms with E-state index in [1.54, 1.807) is 0 Å². The molecule has 0 aliphatic carbocycles. The fraction of sp³-hybridized carbons (Fsp3) is 0.667. The average molecular weight is 162 g/mol. The first-order valence-corrected chi connectivity index (χ1v) is 3.07. The molecule has 0 aromatic heterocycles. The molecule has 1 amide bonds. The second kappa shape index (κ2) is 4.27. The van der Waals surface area contributed by atoms with Crippen LogP contribution in [-0.2, 0) is 4.79 Å². The van der Waals surface area contributed by atoms with Gasteiger partial charge in [-0.2, -0.15) is 0 Å². The molecule has 11 heavy (non-hydrogen) atoms. The summed E-state index contributed by atoms with van der Waals surface area (Å²) in [6.45, 7) is 1.40. The molecule has 0 bridgehead atoms. The Morgan fingerprint density at radius 3 is 1.73 bits per heavy atom. The van der Waals surface area contributed by atoms with Gasteiger partial charge < -0.3 is 20.6 Å². The van der Waals surface area contributed by atoms with Crippen LogP contribution < -0.4 is 5.32 Å². The van der Waals surface area contributed by atoms with E-state index in [0.29, 0.717) is 0 Å². The highest BCUT2D eigenvalue weighted by Crippen LogP contribution is 2.00. The lowest BCUT2D eigenvalue weighted by Gasteiger charge is -2.27. The Balaban J connectivity index is 4.16. The number of carbonyl (C=O) groups is 1. The van der Waals surface area contributed by atoms with Crippen molar-refractivity contribution in [2.45, 2.75) is 5.54 Å². The largest absolute Gasteiger partial charge is 0.394 e. The second-order valence-corrected chi connectivity index (χ2v) is 2.30. The van der Waals surface area contributed by atoms with Crippen molar-refractivity contribution < 1.29 is 20.1 Å². The molecular formula is C6H12NO4. The zero-order valence-electron chi connectivity index (χ0n) is 6.08. The molecule has 1 radical (unpaired) electrons. The van der Waals surface area contributed by atoms with E-state index in [-0.39, 0.29) is 0 Å². The molecule has 0 saturated carbocycles. The van der Waals surface area contributed by atoms with Crippen LogP contribution in [0, 0.1) is 6.92 Å². The third-order valence-corrected chi connectivity index (χ3v) is 1.31. The van der Waals surface area contributed by atoms with Gasteiger partial charge in [0, 0.05) is 6.92 Å². The Labute approximate surface area is 64.7 Å². The number of amides is 1. The van der Waals surface area contributed by atoms with Crippen LogP contribution in [0.3, 0.4) is 0 Å². The lowest BCUT2D eigenvalue weighted by atomic mass is 10.0. The molecule has 0 rings (SSSR count). The van der Waals surface area contributed by atoms with E-state index in [0.717, 1.165) is 0 Å². The number of aliphatic hydroxyl groups is 3. The molecule has 65 valence electrons. The molecule has 0 heterocycles. The highest BCUT2D eigenvalue weighted by molar-refractivity contribution is 5.80. The van der Waals surface area contributed by atoms with Crippen LogP contribution in [0.15, 0.2) is 0 Å². The van der Waals surface area contributed by atoms with Gasteiger partial charge in [0.05, 0.1) is 19.8 Å². The summed E-state index contributed by atoms with van der Waals surface area (Å²) in [6.07, 6.45) is 0. The number of carbonyl (C=O) groups excluding carboxylic acids is 1. The standard InChI is InChI=1S/C6H12NO4/c1-5(11)7-6(2-8,3-9)4-10/h8-10H,1-4H2,(H,7,11). The Morgan fingerprint density at radius 1 is 1.27 bits per heavy atom. The van der Waals surface area contributed by atoms with Crippen molar-refractivity contribution in [3.8, 4) is 0 Å². The fourth-order valence-corrected chi connectivity index (χ4v) is 0.564. The maximum Gasteiger partial charge on any atom is 0.221 e. The first-order valence-electron chi connectivity index (χ1n) is 3.07. The third kappa shape index (κ3) is 2.83. The third-order valence-electron chi connectivity index (χ3n) is 1.31. The Hall–Kier alpha value is -0.650. The molecule has 0 aromatic rings. The zero-order valence-corrected chi connectivity index (χ0v) is 6.08. The molecule has 0 spiro atoms. The Kier molecular flexibility index (Phi) is 4.02. The maximum atomic E-state index is 10.4. The van der Waals surface area contributed by atoms with Crippen molar-refractivity contribution in [1.82, 2.24) is 5.32 Å². The van der Waals surface area contributed by atoms with Gasteiger partial charge in [0.25, 0.3) is 0 Å². The highest BCUT2D eigenvalue weighted by Gasteiger charge is 2.28. The van der Waals surface area contributed by atoms with Gasteiger partial charge in [-0.3, -0.25) is 4.79 Å². The number of hydrogen-bond donors (Lipinski definition) is 4. The van der Waals surface area contributed by atoms with Crippen LogP contribution in [0.1, 0.15) is 0 Å². The van der Waals surface area contributed by atoms with Gasteiger partial charge >= 0.3 is 0 Å².